The molecule has 2 amide bonds. The molecule has 4 bridgehead atoms. The molecule has 1 aromatic carbocycles. The fourth-order valence-corrected chi connectivity index (χ4v) is 5.13. The van der Waals surface area contributed by atoms with Crippen LogP contribution in [0, 0.1) is 0 Å². The van der Waals surface area contributed by atoms with Gasteiger partial charge in [-0.2, -0.15) is 0 Å². The second-order valence-electron chi connectivity index (χ2n) is 9.12. The zero-order valence-electron chi connectivity index (χ0n) is 20.7. The predicted octanol–water partition coefficient (Wildman–Crippen LogP) is 2.96. The number of ether oxygens (including phenoxy) is 3. The lowest BCUT2D eigenvalue weighted by Crippen LogP contribution is -2.26. The summed E-state index contributed by atoms with van der Waals surface area (Å²) in [5, 5.41) is 1.74. The average molecular weight is 501 g/mol. The Morgan fingerprint density at radius 1 is 0.703 bits per heavy atom. The Balaban J connectivity index is 1.57. The summed E-state index contributed by atoms with van der Waals surface area (Å²) >= 11 is 0. The highest BCUT2D eigenvalue weighted by Gasteiger charge is 2.39. The van der Waals surface area contributed by atoms with Gasteiger partial charge in [-0.25, -0.2) is 4.98 Å². The first-order chi connectivity index (χ1) is 18.1. The minimum Gasteiger partial charge on any atom is -0.377 e. The molecule has 0 spiro atoms. The Morgan fingerprint density at radius 2 is 1.27 bits per heavy atom. The first kappa shape index (κ1) is 23.6. The van der Waals surface area contributed by atoms with Crippen LogP contribution >= 0.6 is 0 Å². The highest BCUT2D eigenvalue weighted by atomic mass is 16.5. The molecule has 2 aliphatic heterocycles. The quantitative estimate of drug-likeness (QED) is 0.345. The molecule has 6 rings (SSSR count). The van der Waals surface area contributed by atoms with Gasteiger partial charge in [-0.3, -0.25) is 14.5 Å². The van der Waals surface area contributed by atoms with Crippen LogP contribution in [0.5, 0.6) is 0 Å². The van der Waals surface area contributed by atoms with E-state index in [4.69, 9.17) is 14.2 Å². The number of carbonyl (C=O) groups excluding carboxylic acids is 2. The lowest BCUT2D eigenvalue weighted by Gasteiger charge is -2.09. The number of para-hydroxylation sites is 1. The van der Waals surface area contributed by atoms with E-state index in [1.807, 2.05) is 53.4 Å². The summed E-state index contributed by atoms with van der Waals surface area (Å²) in [7, 11) is 1.54. The molecule has 0 unspecified atom stereocenters. The van der Waals surface area contributed by atoms with Crippen molar-refractivity contribution in [1.82, 2.24) is 19.0 Å². The van der Waals surface area contributed by atoms with E-state index in [9.17, 15) is 9.59 Å². The van der Waals surface area contributed by atoms with Crippen molar-refractivity contribution in [3.63, 3.8) is 0 Å². The van der Waals surface area contributed by atoms with Crippen LogP contribution in [0.15, 0.2) is 55.0 Å². The lowest BCUT2D eigenvalue weighted by molar-refractivity contribution is -0.134. The Hall–Kier alpha value is -3.79. The van der Waals surface area contributed by atoms with E-state index in [2.05, 4.69) is 9.55 Å². The number of fused-ring (bicyclic) bond motifs is 12. The number of benzene rings is 1. The molecule has 4 aromatic rings. The molecule has 190 valence electrons. The van der Waals surface area contributed by atoms with E-state index in [-0.39, 0.29) is 11.8 Å². The molecule has 0 atom stereocenters. The van der Waals surface area contributed by atoms with Gasteiger partial charge in [-0.05, 0) is 18.2 Å². The molecule has 0 saturated carbocycles. The van der Waals surface area contributed by atoms with Crippen molar-refractivity contribution >= 4 is 44.9 Å². The maximum absolute atomic E-state index is 13.6. The van der Waals surface area contributed by atoms with Gasteiger partial charge < -0.3 is 23.3 Å². The number of aromatic nitrogens is 3. The van der Waals surface area contributed by atoms with Gasteiger partial charge in [0.25, 0.3) is 11.8 Å². The second-order valence-corrected chi connectivity index (χ2v) is 9.12. The number of rotatable bonds is 0. The molecule has 3 aromatic heterocycles. The first-order valence-electron chi connectivity index (χ1n) is 12.5. The molecule has 0 aliphatic carbocycles. The van der Waals surface area contributed by atoms with Gasteiger partial charge in [0.15, 0.2) is 0 Å². The second kappa shape index (κ2) is 9.93. The first-order valence-corrected chi connectivity index (χ1v) is 12.5. The topological polar surface area (TPSA) is 87.8 Å². The summed E-state index contributed by atoms with van der Waals surface area (Å²) in [6, 6.07) is 11.7. The van der Waals surface area contributed by atoms with Crippen LogP contribution in [0.3, 0.4) is 0 Å². The Morgan fingerprint density at radius 3 is 2.00 bits per heavy atom. The van der Waals surface area contributed by atoms with E-state index in [1.165, 1.54) is 11.9 Å². The third-order valence-electron chi connectivity index (χ3n) is 6.95. The summed E-state index contributed by atoms with van der Waals surface area (Å²) in [4.78, 5) is 32.9. The van der Waals surface area contributed by atoms with Crippen LogP contribution in [0.1, 0.15) is 11.1 Å². The van der Waals surface area contributed by atoms with Crippen LogP contribution in [-0.4, -0.2) is 77.5 Å². The summed E-state index contributed by atoms with van der Waals surface area (Å²) in [5.41, 5.74) is 3.97. The molecule has 0 N–H and O–H groups in total. The Bertz CT molecular complexity index is 1420. The molecule has 0 saturated heterocycles. The molecular formula is C28H28N4O5. The molecule has 5 heterocycles. The van der Waals surface area contributed by atoms with Crippen LogP contribution < -0.4 is 0 Å². The van der Waals surface area contributed by atoms with Gasteiger partial charge >= 0.3 is 0 Å². The standard InChI is InChI=1S/C28H28N4O5/c1-30-27(33)24-21-17-31(23-7-3-2-5-19(21)23)9-11-35-13-15-37-16-14-36-12-10-32-18-22(25(24)28(30)34)20-6-4-8-29-26(20)32/h2-8,17-18H,9-16H2,1H3. The summed E-state index contributed by atoms with van der Waals surface area (Å²) in [6.07, 6.45) is 5.61. The summed E-state index contributed by atoms with van der Waals surface area (Å²) in [6.45, 7) is 4.07. The van der Waals surface area contributed by atoms with Crippen molar-refractivity contribution in [3.05, 3.63) is 66.1 Å². The number of amides is 2. The maximum Gasteiger partial charge on any atom is 0.261 e. The van der Waals surface area contributed by atoms with Crippen molar-refractivity contribution in [2.45, 2.75) is 13.1 Å². The SMILES string of the molecule is CN1C(=O)C2=C(C1=O)c1cn(c3ncccc13)CCOCCOCCOCCn1cc2c2ccccc21. The smallest absolute Gasteiger partial charge is 0.261 e. The van der Waals surface area contributed by atoms with Gasteiger partial charge in [-0.1, -0.05) is 18.2 Å². The zero-order valence-corrected chi connectivity index (χ0v) is 20.7. The average Bonchev–Trinajstić information content (AvgIpc) is 3.53. The van der Waals surface area contributed by atoms with Crippen LogP contribution in [0.4, 0.5) is 0 Å². The van der Waals surface area contributed by atoms with Crippen molar-refractivity contribution in [3.8, 4) is 0 Å². The van der Waals surface area contributed by atoms with E-state index in [1.54, 1.807) is 6.20 Å². The zero-order chi connectivity index (χ0) is 25.4. The Kier molecular flexibility index (Phi) is 6.33. The number of nitrogens with zero attached hydrogens (tertiary/aromatic N) is 4. The van der Waals surface area contributed by atoms with Gasteiger partial charge in [0, 0.05) is 66.1 Å². The fourth-order valence-electron chi connectivity index (χ4n) is 5.13. The van der Waals surface area contributed by atoms with Gasteiger partial charge in [0.05, 0.1) is 50.8 Å². The van der Waals surface area contributed by atoms with E-state index in [0.29, 0.717) is 69.4 Å². The van der Waals surface area contributed by atoms with Crippen LogP contribution in [0.2, 0.25) is 0 Å². The predicted molar refractivity (Wildman–Crippen MR) is 139 cm³/mol. The molecule has 9 heteroatoms. The number of imide groups is 1. The fraction of sp³-hybridized carbons (Fsp3) is 0.321. The number of hydrogen-bond acceptors (Lipinski definition) is 6. The number of likely N-dealkylation sites (N-methyl/N-ethyl adjacent to an activating group) is 1. The number of carbonyl (C=O) groups is 2. The van der Waals surface area contributed by atoms with Crippen molar-refractivity contribution < 1.29 is 23.8 Å². The van der Waals surface area contributed by atoms with Gasteiger partial charge in [0.2, 0.25) is 0 Å². The molecular weight excluding hydrogens is 472 g/mol. The third-order valence-corrected chi connectivity index (χ3v) is 6.95. The minimum absolute atomic E-state index is 0.310. The largest absolute Gasteiger partial charge is 0.377 e. The number of hydrogen-bond donors (Lipinski definition) is 0. The third kappa shape index (κ3) is 4.15. The minimum atomic E-state index is -0.317. The van der Waals surface area contributed by atoms with Crippen molar-refractivity contribution in [2.75, 3.05) is 46.7 Å². The summed E-state index contributed by atoms with van der Waals surface area (Å²) in [5.74, 6) is -0.627. The molecule has 37 heavy (non-hydrogen) atoms. The van der Waals surface area contributed by atoms with E-state index < -0.39 is 0 Å². The summed E-state index contributed by atoms with van der Waals surface area (Å²) < 4.78 is 21.2. The monoisotopic (exact) mass is 500 g/mol. The molecule has 0 radical (unpaired) electrons. The lowest BCUT2D eigenvalue weighted by atomic mass is 9.96. The van der Waals surface area contributed by atoms with Crippen LogP contribution in [0.25, 0.3) is 33.1 Å². The van der Waals surface area contributed by atoms with Crippen molar-refractivity contribution in [1.29, 1.82) is 0 Å². The number of pyridine rings is 1. The van der Waals surface area contributed by atoms with E-state index in [0.717, 1.165) is 27.5 Å². The maximum atomic E-state index is 13.6. The Labute approximate surface area is 213 Å². The van der Waals surface area contributed by atoms with Crippen molar-refractivity contribution in [2.24, 2.45) is 0 Å². The highest BCUT2D eigenvalue weighted by molar-refractivity contribution is 6.50. The van der Waals surface area contributed by atoms with Gasteiger partial charge in [-0.15, -0.1) is 0 Å². The van der Waals surface area contributed by atoms with Gasteiger partial charge in [0.1, 0.15) is 5.65 Å². The normalized spacial score (nSPS) is 18.2. The highest BCUT2D eigenvalue weighted by Crippen LogP contribution is 2.41. The van der Waals surface area contributed by atoms with Crippen LogP contribution in [-0.2, 0) is 36.9 Å². The molecule has 0 fully saturated rings. The molecule has 2 aliphatic rings. The van der Waals surface area contributed by atoms with E-state index >= 15 is 0 Å². The molecule has 9 nitrogen and oxygen atoms in total.